The van der Waals surface area contributed by atoms with E-state index < -0.39 is 0 Å². The topological polar surface area (TPSA) is 46.2 Å². The third-order valence-corrected chi connectivity index (χ3v) is 4.72. The van der Waals surface area contributed by atoms with E-state index >= 15 is 0 Å². The van der Waals surface area contributed by atoms with E-state index in [1.807, 2.05) is 24.3 Å². The Morgan fingerprint density at radius 3 is 2.56 bits per heavy atom. The molecule has 0 unspecified atom stereocenters. The number of carbonyl (C=O) groups is 2. The number of hydrogen-bond acceptors (Lipinski definition) is 2. The molecule has 0 radical (unpaired) electrons. The summed E-state index contributed by atoms with van der Waals surface area (Å²) >= 11 is 6.18. The Labute approximate surface area is 118 Å². The van der Waals surface area contributed by atoms with Gasteiger partial charge >= 0.3 is 119 Å². The molecule has 1 N–H and O–H groups in total. The average molecular weight is 333 g/mol. The average Bonchev–Trinajstić information content (AvgIpc) is 2.34. The predicted octanol–water partition coefficient (Wildman–Crippen LogP) is 1.57. The second-order valence-electron chi connectivity index (χ2n) is 3.88. The number of amides is 1. The minimum absolute atomic E-state index is 0.0197. The zero-order valence-electron chi connectivity index (χ0n) is 10.2. The van der Waals surface area contributed by atoms with Crippen LogP contribution in [0.15, 0.2) is 24.3 Å². The molecule has 1 aromatic rings. The third kappa shape index (κ3) is 6.80. The SMILES string of the molecule is CC(=O)CNC(=O)CCC[Se]c1ccc(Cl)cc1. The zero-order chi connectivity index (χ0) is 13.4. The molecule has 0 atom stereocenters. The Morgan fingerprint density at radius 2 is 1.94 bits per heavy atom. The molecule has 5 heteroatoms. The Hall–Kier alpha value is -0.831. The molecule has 1 rings (SSSR count). The number of carbonyl (C=O) groups excluding carboxylic acids is 2. The van der Waals surface area contributed by atoms with Gasteiger partial charge in [-0.25, -0.2) is 0 Å². The third-order valence-electron chi connectivity index (χ3n) is 2.17. The Balaban J connectivity index is 2.13. The Bertz CT molecular complexity index is 406. The van der Waals surface area contributed by atoms with Crippen LogP contribution in [0.25, 0.3) is 0 Å². The van der Waals surface area contributed by atoms with Gasteiger partial charge in [-0.05, 0) is 0 Å². The van der Waals surface area contributed by atoms with Gasteiger partial charge in [0.1, 0.15) is 0 Å². The van der Waals surface area contributed by atoms with Crippen LogP contribution >= 0.6 is 11.6 Å². The van der Waals surface area contributed by atoms with Gasteiger partial charge in [0, 0.05) is 0 Å². The van der Waals surface area contributed by atoms with Gasteiger partial charge < -0.3 is 0 Å². The molecule has 3 nitrogen and oxygen atoms in total. The number of ketones is 1. The molecule has 0 aliphatic carbocycles. The van der Waals surface area contributed by atoms with E-state index in [9.17, 15) is 9.59 Å². The van der Waals surface area contributed by atoms with E-state index in [4.69, 9.17) is 11.6 Å². The van der Waals surface area contributed by atoms with Crippen molar-refractivity contribution < 1.29 is 9.59 Å². The van der Waals surface area contributed by atoms with Crippen LogP contribution in [0.4, 0.5) is 0 Å². The molecule has 18 heavy (non-hydrogen) atoms. The fourth-order valence-corrected chi connectivity index (χ4v) is 3.18. The van der Waals surface area contributed by atoms with Crippen molar-refractivity contribution in [1.82, 2.24) is 5.32 Å². The van der Waals surface area contributed by atoms with Crippen LogP contribution in [0.1, 0.15) is 19.8 Å². The van der Waals surface area contributed by atoms with Crippen molar-refractivity contribution in [1.29, 1.82) is 0 Å². The predicted molar refractivity (Wildman–Crippen MR) is 74.6 cm³/mol. The summed E-state index contributed by atoms with van der Waals surface area (Å²) < 4.78 is 1.29. The van der Waals surface area contributed by atoms with E-state index in [0.717, 1.165) is 16.8 Å². The number of rotatable bonds is 7. The first-order valence-electron chi connectivity index (χ1n) is 5.72. The first-order valence-corrected chi connectivity index (χ1v) is 8.17. The van der Waals surface area contributed by atoms with Gasteiger partial charge in [0.05, 0.1) is 0 Å². The summed E-state index contributed by atoms with van der Waals surface area (Å²) in [5.41, 5.74) is 0. The number of benzene rings is 1. The van der Waals surface area contributed by atoms with Gasteiger partial charge in [-0.3, -0.25) is 0 Å². The fraction of sp³-hybridized carbons (Fsp3) is 0.385. The second kappa shape index (κ2) is 8.30. The number of Topliss-reactive ketones (excluding diaryl/α,β-unsaturated/α-hetero) is 1. The Morgan fingerprint density at radius 1 is 1.28 bits per heavy atom. The second-order valence-corrected chi connectivity index (χ2v) is 6.77. The van der Waals surface area contributed by atoms with Crippen LogP contribution in [0, 0.1) is 0 Å². The monoisotopic (exact) mass is 333 g/mol. The van der Waals surface area contributed by atoms with Gasteiger partial charge in [0.2, 0.25) is 0 Å². The molecule has 0 heterocycles. The molecule has 0 saturated carbocycles. The van der Waals surface area contributed by atoms with Crippen LogP contribution in [0.5, 0.6) is 0 Å². The number of nitrogens with one attached hydrogen (secondary N) is 1. The molecule has 1 aromatic carbocycles. The van der Waals surface area contributed by atoms with Crippen LogP contribution < -0.4 is 9.78 Å². The molecule has 0 spiro atoms. The molecule has 0 aliphatic heterocycles. The normalized spacial score (nSPS) is 10.1. The summed E-state index contributed by atoms with van der Waals surface area (Å²) in [6.45, 7) is 1.60. The fourth-order valence-electron chi connectivity index (χ4n) is 1.27. The van der Waals surface area contributed by atoms with Crippen molar-refractivity contribution >= 4 is 42.7 Å². The van der Waals surface area contributed by atoms with Crippen molar-refractivity contribution in [3.05, 3.63) is 29.3 Å². The summed E-state index contributed by atoms with van der Waals surface area (Å²) in [6.07, 6.45) is 1.34. The molecule has 1 amide bonds. The molecule has 0 aromatic heterocycles. The van der Waals surface area contributed by atoms with E-state index in [1.165, 1.54) is 11.4 Å². The van der Waals surface area contributed by atoms with Crippen molar-refractivity contribution in [2.24, 2.45) is 0 Å². The molecule has 0 saturated heterocycles. The number of hydrogen-bond donors (Lipinski definition) is 1. The van der Waals surface area contributed by atoms with Crippen LogP contribution in [0.2, 0.25) is 10.3 Å². The summed E-state index contributed by atoms with van der Waals surface area (Å²) in [5, 5.41) is 4.35. The van der Waals surface area contributed by atoms with E-state index in [0.29, 0.717) is 21.4 Å². The van der Waals surface area contributed by atoms with Crippen LogP contribution in [0.3, 0.4) is 0 Å². The van der Waals surface area contributed by atoms with Gasteiger partial charge in [0.25, 0.3) is 0 Å². The standard InChI is InChI=1S/C13H16ClNO2Se/c1-10(16)9-15-13(17)3-2-8-18-12-6-4-11(14)5-7-12/h4-7H,2-3,8-9H2,1H3,(H,15,17). The van der Waals surface area contributed by atoms with Gasteiger partial charge in [-0.1, -0.05) is 0 Å². The minimum atomic E-state index is -0.0443. The van der Waals surface area contributed by atoms with Gasteiger partial charge in [-0.2, -0.15) is 0 Å². The molecule has 0 bridgehead atoms. The van der Waals surface area contributed by atoms with E-state index in [1.54, 1.807) is 0 Å². The molecule has 0 aliphatic rings. The van der Waals surface area contributed by atoms with Crippen molar-refractivity contribution in [3.8, 4) is 0 Å². The summed E-state index contributed by atoms with van der Waals surface area (Å²) in [5.74, 6) is -0.0640. The maximum absolute atomic E-state index is 11.3. The Kier molecular flexibility index (Phi) is 7.02. The van der Waals surface area contributed by atoms with Crippen molar-refractivity contribution in [2.75, 3.05) is 6.54 Å². The van der Waals surface area contributed by atoms with Gasteiger partial charge in [-0.15, -0.1) is 0 Å². The van der Waals surface area contributed by atoms with Crippen LogP contribution in [-0.4, -0.2) is 33.2 Å². The molecule has 98 valence electrons. The molecule has 0 fully saturated rings. The first-order chi connectivity index (χ1) is 8.58. The van der Waals surface area contributed by atoms with E-state index in [-0.39, 0.29) is 18.2 Å². The van der Waals surface area contributed by atoms with E-state index in [2.05, 4.69) is 5.32 Å². The summed E-state index contributed by atoms with van der Waals surface area (Å²) in [4.78, 5) is 22.0. The van der Waals surface area contributed by atoms with Crippen LogP contribution in [-0.2, 0) is 9.59 Å². The summed E-state index contributed by atoms with van der Waals surface area (Å²) in [6, 6.07) is 7.83. The maximum atomic E-state index is 11.3. The van der Waals surface area contributed by atoms with Crippen molar-refractivity contribution in [2.45, 2.75) is 25.1 Å². The molecular formula is C13H16ClNO2Se. The number of halogens is 1. The van der Waals surface area contributed by atoms with Crippen molar-refractivity contribution in [3.63, 3.8) is 0 Å². The summed E-state index contributed by atoms with van der Waals surface area (Å²) in [7, 11) is 0. The zero-order valence-corrected chi connectivity index (χ0v) is 12.7. The first kappa shape index (κ1) is 15.2. The molecular weight excluding hydrogens is 317 g/mol. The van der Waals surface area contributed by atoms with Gasteiger partial charge in [0.15, 0.2) is 0 Å². The quantitative estimate of drug-likeness (QED) is 0.608.